The van der Waals surface area contributed by atoms with Crippen molar-refractivity contribution in [1.29, 1.82) is 0 Å². The van der Waals surface area contributed by atoms with E-state index in [4.69, 9.17) is 0 Å². The maximum absolute atomic E-state index is 12.4. The average Bonchev–Trinajstić information content (AvgIpc) is 3.74. The summed E-state index contributed by atoms with van der Waals surface area (Å²) >= 11 is 0. The molecule has 0 spiro atoms. The van der Waals surface area contributed by atoms with Crippen LogP contribution < -0.4 is 10.9 Å². The maximum atomic E-state index is 12.4. The van der Waals surface area contributed by atoms with Gasteiger partial charge in [0.2, 0.25) is 11.8 Å². The van der Waals surface area contributed by atoms with Gasteiger partial charge in [-0.3, -0.25) is 9.59 Å². The van der Waals surface area contributed by atoms with Gasteiger partial charge in [0.25, 0.3) is 0 Å². The molecule has 2 aromatic rings. The van der Waals surface area contributed by atoms with E-state index >= 15 is 0 Å². The third-order valence-electron chi connectivity index (χ3n) is 7.23. The van der Waals surface area contributed by atoms with Crippen LogP contribution in [0, 0.1) is 11.8 Å². The Bertz CT molecular complexity index is 1060. The molecular formula is C30H38N4O2. The highest BCUT2D eigenvalue weighted by atomic mass is 16.2. The second kappa shape index (κ2) is 10.00. The molecule has 0 bridgehead atoms. The van der Waals surface area contributed by atoms with Crippen molar-refractivity contribution in [2.45, 2.75) is 77.0 Å². The first-order valence-electron chi connectivity index (χ1n) is 12.8. The number of nitrogens with zero attached hydrogens (tertiary/aromatic N) is 2. The molecule has 2 aromatic carbocycles. The van der Waals surface area contributed by atoms with Crippen LogP contribution in [0.5, 0.6) is 0 Å². The minimum Gasteiger partial charge on any atom is -0.273 e. The fourth-order valence-electron chi connectivity index (χ4n) is 4.60. The Labute approximate surface area is 214 Å². The predicted molar refractivity (Wildman–Crippen MR) is 145 cm³/mol. The molecule has 2 N–H and O–H groups in total. The van der Waals surface area contributed by atoms with Gasteiger partial charge in [-0.05, 0) is 57.8 Å². The highest BCUT2D eigenvalue weighted by Crippen LogP contribution is 2.48. The summed E-state index contributed by atoms with van der Waals surface area (Å²) in [5, 5.41) is 7.86. The number of rotatable bonds is 7. The lowest BCUT2D eigenvalue weighted by atomic mass is 9.86. The molecule has 36 heavy (non-hydrogen) atoms. The van der Waals surface area contributed by atoms with E-state index in [9.17, 15) is 9.59 Å². The lowest BCUT2D eigenvalue weighted by Gasteiger charge is -2.19. The summed E-state index contributed by atoms with van der Waals surface area (Å²) in [5.74, 6) is 0.211. The molecule has 2 aliphatic rings. The topological polar surface area (TPSA) is 82.9 Å². The van der Waals surface area contributed by atoms with Crippen LogP contribution in [0.4, 0.5) is 0 Å². The van der Waals surface area contributed by atoms with Gasteiger partial charge in [-0.15, -0.1) is 0 Å². The second-order valence-electron chi connectivity index (χ2n) is 12.1. The number of benzene rings is 2. The van der Waals surface area contributed by atoms with Crippen molar-refractivity contribution in [2.75, 3.05) is 0 Å². The van der Waals surface area contributed by atoms with Crippen LogP contribution in [0.25, 0.3) is 0 Å². The number of carbonyl (C=O) groups is 2. The van der Waals surface area contributed by atoms with Crippen LogP contribution >= 0.6 is 0 Å². The monoisotopic (exact) mass is 486 g/mol. The second-order valence-corrected chi connectivity index (χ2v) is 12.1. The lowest BCUT2D eigenvalue weighted by Crippen LogP contribution is -2.21. The summed E-state index contributed by atoms with van der Waals surface area (Å²) in [4.78, 5) is 24.7. The summed E-state index contributed by atoms with van der Waals surface area (Å²) in [6.45, 7) is 13.2. The molecule has 2 aliphatic carbocycles. The van der Waals surface area contributed by atoms with Crippen molar-refractivity contribution < 1.29 is 9.59 Å². The van der Waals surface area contributed by atoms with E-state index in [1.165, 1.54) is 34.7 Å². The number of carbonyl (C=O) groups excluding carboxylic acids is 2. The van der Waals surface area contributed by atoms with E-state index < -0.39 is 0 Å². The summed E-state index contributed by atoms with van der Waals surface area (Å²) in [5.41, 5.74) is 10.3. The van der Waals surface area contributed by atoms with Crippen LogP contribution in [0.15, 0.2) is 58.7 Å². The Morgan fingerprint density at radius 1 is 0.667 bits per heavy atom. The largest absolute Gasteiger partial charge is 0.273 e. The van der Waals surface area contributed by atoms with Crippen LogP contribution in [-0.4, -0.2) is 24.2 Å². The van der Waals surface area contributed by atoms with Crippen LogP contribution in [0.1, 0.15) is 88.5 Å². The van der Waals surface area contributed by atoms with Crippen molar-refractivity contribution >= 4 is 24.2 Å². The van der Waals surface area contributed by atoms with Crippen molar-refractivity contribution in [3.63, 3.8) is 0 Å². The molecule has 0 aromatic heterocycles. The van der Waals surface area contributed by atoms with E-state index in [0.29, 0.717) is 0 Å². The molecule has 4 atom stereocenters. The normalized spacial score (nSPS) is 23.6. The van der Waals surface area contributed by atoms with Crippen LogP contribution in [0.3, 0.4) is 0 Å². The van der Waals surface area contributed by atoms with Gasteiger partial charge in [0.15, 0.2) is 0 Å². The van der Waals surface area contributed by atoms with E-state index in [2.05, 4.69) is 111 Å². The number of hydrazone groups is 2. The third-order valence-corrected chi connectivity index (χ3v) is 7.23. The molecule has 2 saturated carbocycles. The Balaban J connectivity index is 1.16. The average molecular weight is 487 g/mol. The van der Waals surface area contributed by atoms with E-state index in [0.717, 1.165) is 12.8 Å². The van der Waals surface area contributed by atoms with Gasteiger partial charge in [-0.2, -0.15) is 10.2 Å². The fourth-order valence-corrected chi connectivity index (χ4v) is 4.60. The first-order chi connectivity index (χ1) is 16.9. The van der Waals surface area contributed by atoms with Gasteiger partial charge in [0, 0.05) is 11.8 Å². The minimum absolute atomic E-state index is 0.0523. The van der Waals surface area contributed by atoms with Gasteiger partial charge in [0.1, 0.15) is 0 Å². The Morgan fingerprint density at radius 2 is 1.00 bits per heavy atom. The molecule has 0 heterocycles. The van der Waals surface area contributed by atoms with Crippen molar-refractivity contribution in [2.24, 2.45) is 22.0 Å². The maximum Gasteiger partial charge on any atom is 0.243 e. The van der Waals surface area contributed by atoms with Gasteiger partial charge in [0.05, 0.1) is 12.4 Å². The molecule has 2 fully saturated rings. The SMILES string of the molecule is CC(C)(C)c1ccc([C@@H]2C[C@@H]2C(=O)N/N=C\C=N/NC(=O)[C@H]2C[C@H]2c2ccc(C(C)(C)C)cc2)cc1. The molecule has 0 unspecified atom stereocenters. The minimum atomic E-state index is -0.0908. The number of hydrogen-bond donors (Lipinski definition) is 2. The predicted octanol–water partition coefficient (Wildman–Crippen LogP) is 5.39. The zero-order chi connectivity index (χ0) is 26.1. The summed E-state index contributed by atoms with van der Waals surface area (Å²) in [6, 6.07) is 17.1. The molecular weight excluding hydrogens is 448 g/mol. The molecule has 0 saturated heterocycles. The van der Waals surface area contributed by atoms with Crippen LogP contribution in [0.2, 0.25) is 0 Å². The van der Waals surface area contributed by atoms with Gasteiger partial charge in [-0.25, -0.2) is 10.9 Å². The van der Waals surface area contributed by atoms with Gasteiger partial charge in [-0.1, -0.05) is 90.1 Å². The lowest BCUT2D eigenvalue weighted by molar-refractivity contribution is -0.123. The molecule has 0 aliphatic heterocycles. The highest BCUT2D eigenvalue weighted by molar-refractivity contribution is 6.16. The smallest absolute Gasteiger partial charge is 0.243 e. The Hall–Kier alpha value is -3.28. The van der Waals surface area contributed by atoms with Crippen molar-refractivity contribution in [3.05, 3.63) is 70.8 Å². The molecule has 6 nitrogen and oxygen atoms in total. The van der Waals surface area contributed by atoms with Crippen molar-refractivity contribution in [3.8, 4) is 0 Å². The van der Waals surface area contributed by atoms with Gasteiger partial charge >= 0.3 is 0 Å². The summed E-state index contributed by atoms with van der Waals surface area (Å²) in [7, 11) is 0. The first-order valence-corrected chi connectivity index (χ1v) is 12.8. The zero-order valence-corrected chi connectivity index (χ0v) is 22.2. The van der Waals surface area contributed by atoms with E-state index in [-0.39, 0.29) is 46.3 Å². The van der Waals surface area contributed by atoms with Crippen molar-refractivity contribution in [1.82, 2.24) is 10.9 Å². The standard InChI is InChI=1S/C30H38N4O2/c1-29(2,3)21-11-7-19(8-12-21)23-17-25(23)27(35)33-31-15-16-32-34-28(36)26-18-24(26)20-9-13-22(14-10-20)30(4,5)6/h7-16,23-26H,17-18H2,1-6H3,(H,33,35)(H,34,36)/b31-15-,32-16-/t23-,24-,25-,26-/m0/s1. The quantitative estimate of drug-likeness (QED) is 0.406. The molecule has 0 radical (unpaired) electrons. The number of hydrogen-bond acceptors (Lipinski definition) is 4. The third kappa shape index (κ3) is 6.28. The van der Waals surface area contributed by atoms with E-state index in [1.54, 1.807) is 0 Å². The van der Waals surface area contributed by atoms with Gasteiger partial charge < -0.3 is 0 Å². The highest BCUT2D eigenvalue weighted by Gasteiger charge is 2.44. The van der Waals surface area contributed by atoms with E-state index in [1.807, 2.05) is 0 Å². The molecule has 6 heteroatoms. The Kier molecular flexibility index (Phi) is 7.17. The first kappa shape index (κ1) is 25.8. The molecule has 190 valence electrons. The van der Waals surface area contributed by atoms with Crippen LogP contribution in [-0.2, 0) is 20.4 Å². The molecule has 2 amide bonds. The number of nitrogens with one attached hydrogen (secondary N) is 2. The molecule has 4 rings (SSSR count). The number of amides is 2. The summed E-state index contributed by atoms with van der Waals surface area (Å²) < 4.78 is 0. The zero-order valence-electron chi connectivity index (χ0n) is 22.2. The Morgan fingerprint density at radius 3 is 1.31 bits per heavy atom. The summed E-state index contributed by atoms with van der Waals surface area (Å²) in [6.07, 6.45) is 4.43. The fraction of sp³-hybridized carbons (Fsp3) is 0.467.